The molecule has 0 N–H and O–H groups in total. The molecule has 0 heteroatoms. The van der Waals surface area contributed by atoms with Gasteiger partial charge in [0.15, 0.2) is 0 Å². The number of hydrogen-bond acceptors (Lipinski definition) is 0. The summed E-state index contributed by atoms with van der Waals surface area (Å²) in [6.07, 6.45) is 8.45. The molecule has 0 fully saturated rings. The third-order valence-corrected chi connectivity index (χ3v) is 4.22. The van der Waals surface area contributed by atoms with Gasteiger partial charge in [-0.1, -0.05) is 80.1 Å². The van der Waals surface area contributed by atoms with E-state index in [4.69, 9.17) is 0 Å². The quantitative estimate of drug-likeness (QED) is 0.458. The normalized spacial score (nSPS) is 17.4. The van der Waals surface area contributed by atoms with E-state index in [1.54, 1.807) is 0 Å². The molecule has 0 saturated heterocycles. The molecule has 0 nitrogen and oxygen atoms in total. The molecule has 98 valence electrons. The van der Waals surface area contributed by atoms with Gasteiger partial charge in [-0.2, -0.15) is 0 Å². The third kappa shape index (κ3) is 8.19. The lowest BCUT2D eigenvalue weighted by Gasteiger charge is -2.21. The molecule has 3 atom stereocenters. The second-order valence-corrected chi connectivity index (χ2v) is 6.37. The molecule has 0 aliphatic rings. The Bertz CT molecular complexity index is 148. The minimum atomic E-state index is 0.877. The van der Waals surface area contributed by atoms with E-state index in [1.807, 2.05) is 0 Å². The van der Waals surface area contributed by atoms with E-state index < -0.39 is 0 Å². The maximum atomic E-state index is 2.45. The first-order valence-electron chi connectivity index (χ1n) is 7.47. The fourth-order valence-electron chi connectivity index (χ4n) is 2.17. The Kier molecular flexibility index (Phi) is 9.07. The highest BCUT2D eigenvalue weighted by molar-refractivity contribution is 4.64. The smallest absolute Gasteiger partial charge is 0.0417 e. The number of rotatable bonds is 9. The highest BCUT2D eigenvalue weighted by Gasteiger charge is 2.13. The summed E-state index contributed by atoms with van der Waals surface area (Å²) in [5, 5.41) is 0. The summed E-state index contributed by atoms with van der Waals surface area (Å²) in [6, 6.07) is 0. The Labute approximate surface area is 104 Å². The van der Waals surface area contributed by atoms with Crippen molar-refractivity contribution in [2.45, 2.75) is 80.1 Å². The van der Waals surface area contributed by atoms with Crippen LogP contribution in [0, 0.1) is 23.7 Å². The minimum absolute atomic E-state index is 0.877. The first kappa shape index (κ1) is 16.0. The molecule has 0 heterocycles. The van der Waals surface area contributed by atoms with Crippen molar-refractivity contribution < 1.29 is 0 Å². The maximum absolute atomic E-state index is 2.45. The first-order valence-corrected chi connectivity index (χ1v) is 7.47. The van der Waals surface area contributed by atoms with Crippen molar-refractivity contribution in [1.29, 1.82) is 0 Å². The molecule has 0 aromatic heterocycles. The van der Waals surface area contributed by atoms with Crippen molar-refractivity contribution in [1.82, 2.24) is 0 Å². The molecule has 16 heavy (non-hydrogen) atoms. The lowest BCUT2D eigenvalue weighted by atomic mass is 9.85. The summed E-state index contributed by atoms with van der Waals surface area (Å²) in [5.74, 6) is 3.64. The topological polar surface area (TPSA) is 0 Å². The first-order chi connectivity index (χ1) is 7.47. The van der Waals surface area contributed by atoms with Gasteiger partial charge in [0.05, 0.1) is 0 Å². The van der Waals surface area contributed by atoms with Gasteiger partial charge in [-0.25, -0.2) is 0 Å². The second kappa shape index (κ2) is 9.07. The fourth-order valence-corrected chi connectivity index (χ4v) is 2.17. The van der Waals surface area contributed by atoms with Gasteiger partial charge in [-0.3, -0.25) is 0 Å². The van der Waals surface area contributed by atoms with Crippen LogP contribution in [-0.4, -0.2) is 0 Å². The SMILES string of the molecule is CCC(C)CCC(C)C(C)CCCC(C)C. The monoisotopic (exact) mass is 226 g/mol. The van der Waals surface area contributed by atoms with Crippen LogP contribution in [0.3, 0.4) is 0 Å². The van der Waals surface area contributed by atoms with Crippen LogP contribution in [0.15, 0.2) is 0 Å². The molecule has 0 bridgehead atoms. The standard InChI is InChI=1S/C16H34/c1-7-14(4)11-12-16(6)15(5)10-8-9-13(2)3/h13-16H,7-12H2,1-6H3. The van der Waals surface area contributed by atoms with E-state index in [1.165, 1.54) is 38.5 Å². The minimum Gasteiger partial charge on any atom is -0.0651 e. The lowest BCUT2D eigenvalue weighted by molar-refractivity contribution is 0.303. The van der Waals surface area contributed by atoms with Gasteiger partial charge in [0.1, 0.15) is 0 Å². The zero-order chi connectivity index (χ0) is 12.6. The van der Waals surface area contributed by atoms with Crippen molar-refractivity contribution >= 4 is 0 Å². The van der Waals surface area contributed by atoms with E-state index in [-0.39, 0.29) is 0 Å². The Balaban J connectivity index is 3.60. The molecule has 0 spiro atoms. The van der Waals surface area contributed by atoms with Crippen LogP contribution in [0.1, 0.15) is 80.1 Å². The number of hydrogen-bond donors (Lipinski definition) is 0. The fraction of sp³-hybridized carbons (Fsp3) is 1.00. The van der Waals surface area contributed by atoms with Gasteiger partial charge in [-0.15, -0.1) is 0 Å². The zero-order valence-corrected chi connectivity index (χ0v) is 12.6. The summed E-state index contributed by atoms with van der Waals surface area (Å²) >= 11 is 0. The molecule has 0 radical (unpaired) electrons. The third-order valence-electron chi connectivity index (χ3n) is 4.22. The van der Waals surface area contributed by atoms with Crippen molar-refractivity contribution in [3.8, 4) is 0 Å². The highest BCUT2D eigenvalue weighted by atomic mass is 14.2. The van der Waals surface area contributed by atoms with E-state index in [2.05, 4.69) is 41.5 Å². The maximum Gasteiger partial charge on any atom is -0.0417 e. The van der Waals surface area contributed by atoms with Gasteiger partial charge in [0, 0.05) is 0 Å². The van der Waals surface area contributed by atoms with Crippen molar-refractivity contribution in [3.63, 3.8) is 0 Å². The zero-order valence-electron chi connectivity index (χ0n) is 12.6. The predicted molar refractivity (Wildman–Crippen MR) is 75.7 cm³/mol. The van der Waals surface area contributed by atoms with Crippen LogP contribution in [0.4, 0.5) is 0 Å². The van der Waals surface area contributed by atoms with Crippen molar-refractivity contribution in [3.05, 3.63) is 0 Å². The molecule has 0 saturated carbocycles. The molecular weight excluding hydrogens is 192 g/mol. The van der Waals surface area contributed by atoms with E-state index in [9.17, 15) is 0 Å². The average Bonchev–Trinajstić information content (AvgIpc) is 2.24. The van der Waals surface area contributed by atoms with E-state index in [0.717, 1.165) is 23.7 Å². The Morgan fingerprint density at radius 1 is 0.688 bits per heavy atom. The Morgan fingerprint density at radius 3 is 1.75 bits per heavy atom. The summed E-state index contributed by atoms with van der Waals surface area (Å²) in [6.45, 7) is 14.2. The molecule has 0 aliphatic carbocycles. The van der Waals surface area contributed by atoms with Crippen LogP contribution in [0.5, 0.6) is 0 Å². The second-order valence-electron chi connectivity index (χ2n) is 6.37. The van der Waals surface area contributed by atoms with Crippen molar-refractivity contribution in [2.24, 2.45) is 23.7 Å². The molecule has 0 aromatic rings. The van der Waals surface area contributed by atoms with E-state index in [0.29, 0.717) is 0 Å². The molecule has 0 aliphatic heterocycles. The van der Waals surface area contributed by atoms with Gasteiger partial charge in [0.2, 0.25) is 0 Å². The van der Waals surface area contributed by atoms with Crippen LogP contribution in [0.2, 0.25) is 0 Å². The highest BCUT2D eigenvalue weighted by Crippen LogP contribution is 2.25. The van der Waals surface area contributed by atoms with Crippen LogP contribution in [-0.2, 0) is 0 Å². The average molecular weight is 226 g/mol. The molecule has 0 rings (SSSR count). The van der Waals surface area contributed by atoms with Gasteiger partial charge in [-0.05, 0) is 23.7 Å². The van der Waals surface area contributed by atoms with Crippen LogP contribution < -0.4 is 0 Å². The molecular formula is C16H34. The van der Waals surface area contributed by atoms with Crippen LogP contribution in [0.25, 0.3) is 0 Å². The van der Waals surface area contributed by atoms with Crippen molar-refractivity contribution in [2.75, 3.05) is 0 Å². The molecule has 3 unspecified atom stereocenters. The van der Waals surface area contributed by atoms with Crippen LogP contribution >= 0.6 is 0 Å². The predicted octanol–water partition coefficient (Wildman–Crippen LogP) is 5.91. The van der Waals surface area contributed by atoms with Gasteiger partial charge in [0.25, 0.3) is 0 Å². The molecule has 0 aromatic carbocycles. The Morgan fingerprint density at radius 2 is 1.25 bits per heavy atom. The molecule has 0 amide bonds. The van der Waals surface area contributed by atoms with Gasteiger partial charge >= 0.3 is 0 Å². The summed E-state index contributed by atoms with van der Waals surface area (Å²) in [5.41, 5.74) is 0. The van der Waals surface area contributed by atoms with Gasteiger partial charge < -0.3 is 0 Å². The summed E-state index contributed by atoms with van der Waals surface area (Å²) in [7, 11) is 0. The summed E-state index contributed by atoms with van der Waals surface area (Å²) in [4.78, 5) is 0. The largest absolute Gasteiger partial charge is 0.0651 e. The Hall–Kier alpha value is 0. The lowest BCUT2D eigenvalue weighted by Crippen LogP contribution is -2.10. The van der Waals surface area contributed by atoms with E-state index >= 15 is 0 Å². The summed E-state index contributed by atoms with van der Waals surface area (Å²) < 4.78 is 0.